The van der Waals surface area contributed by atoms with E-state index in [1.807, 2.05) is 19.1 Å². The summed E-state index contributed by atoms with van der Waals surface area (Å²) >= 11 is 0. The van der Waals surface area contributed by atoms with Crippen LogP contribution in [-0.4, -0.2) is 12.6 Å². The van der Waals surface area contributed by atoms with Crippen molar-refractivity contribution in [3.63, 3.8) is 0 Å². The first-order chi connectivity index (χ1) is 10.8. The van der Waals surface area contributed by atoms with Crippen LogP contribution in [0.3, 0.4) is 0 Å². The van der Waals surface area contributed by atoms with Crippen molar-refractivity contribution >= 4 is 5.97 Å². The summed E-state index contributed by atoms with van der Waals surface area (Å²) < 4.78 is 4.86. The minimum atomic E-state index is -0.112. The van der Waals surface area contributed by atoms with Gasteiger partial charge in [0.2, 0.25) is 0 Å². The lowest BCUT2D eigenvalue weighted by Gasteiger charge is -1.97. The molecule has 0 fully saturated rings. The quantitative estimate of drug-likeness (QED) is 0.167. The molecule has 0 rings (SSSR count). The summed E-state index contributed by atoms with van der Waals surface area (Å²) in [5.74, 6) is -0.112. The van der Waals surface area contributed by atoms with Crippen LogP contribution in [-0.2, 0) is 9.53 Å². The number of hydrogen-bond donors (Lipinski definition) is 0. The summed E-state index contributed by atoms with van der Waals surface area (Å²) in [5.41, 5.74) is 0. The standard InChI is InChI=1S/C20H34O2/c1-3-5-6-7-8-9-10-11-12-13-14-15-16-17-18-19-20(21)22-4-2/h8-9,14-17H,3-7,10-13,18-19H2,1-2H3/b9-8+,15-14+,17-16+. The van der Waals surface area contributed by atoms with E-state index in [4.69, 9.17) is 4.74 Å². The molecule has 22 heavy (non-hydrogen) atoms. The first-order valence-corrected chi connectivity index (χ1v) is 8.93. The lowest BCUT2D eigenvalue weighted by Crippen LogP contribution is -2.02. The molecule has 0 amide bonds. The van der Waals surface area contributed by atoms with Gasteiger partial charge in [-0.2, -0.15) is 0 Å². The molecule has 0 aliphatic carbocycles. The van der Waals surface area contributed by atoms with Crippen molar-refractivity contribution in [3.8, 4) is 0 Å². The van der Waals surface area contributed by atoms with E-state index in [1.54, 1.807) is 0 Å². The first-order valence-electron chi connectivity index (χ1n) is 8.93. The van der Waals surface area contributed by atoms with Crippen LogP contribution in [0.25, 0.3) is 0 Å². The van der Waals surface area contributed by atoms with Gasteiger partial charge in [-0.3, -0.25) is 4.79 Å². The molecule has 126 valence electrons. The summed E-state index contributed by atoms with van der Waals surface area (Å²) in [6.45, 7) is 4.54. The highest BCUT2D eigenvalue weighted by atomic mass is 16.5. The topological polar surface area (TPSA) is 26.3 Å². The molecule has 0 bridgehead atoms. The van der Waals surface area contributed by atoms with Crippen LogP contribution in [0.1, 0.15) is 78.1 Å². The molecule has 0 saturated carbocycles. The van der Waals surface area contributed by atoms with Gasteiger partial charge in [-0.1, -0.05) is 56.2 Å². The summed E-state index contributed by atoms with van der Waals surface area (Å²) in [7, 11) is 0. The Labute approximate surface area is 137 Å². The van der Waals surface area contributed by atoms with Crippen LogP contribution in [0.15, 0.2) is 36.5 Å². The maximum atomic E-state index is 11.1. The highest BCUT2D eigenvalue weighted by Crippen LogP contribution is 2.04. The van der Waals surface area contributed by atoms with Crippen LogP contribution >= 0.6 is 0 Å². The molecule has 0 spiro atoms. The zero-order valence-corrected chi connectivity index (χ0v) is 14.6. The number of esters is 1. The van der Waals surface area contributed by atoms with Gasteiger partial charge in [0.15, 0.2) is 0 Å². The number of carbonyl (C=O) groups is 1. The maximum Gasteiger partial charge on any atom is 0.306 e. The van der Waals surface area contributed by atoms with Gasteiger partial charge in [-0.05, 0) is 51.9 Å². The molecule has 0 aromatic carbocycles. The average molecular weight is 306 g/mol. The van der Waals surface area contributed by atoms with Gasteiger partial charge in [-0.25, -0.2) is 0 Å². The van der Waals surface area contributed by atoms with Crippen molar-refractivity contribution in [3.05, 3.63) is 36.5 Å². The molecule has 0 aromatic heterocycles. The third-order valence-electron chi connectivity index (χ3n) is 3.34. The average Bonchev–Trinajstić information content (AvgIpc) is 2.51. The number of ether oxygens (including phenoxy) is 1. The second kappa shape index (κ2) is 17.7. The smallest absolute Gasteiger partial charge is 0.306 e. The van der Waals surface area contributed by atoms with Gasteiger partial charge in [0, 0.05) is 6.42 Å². The van der Waals surface area contributed by atoms with Crippen LogP contribution < -0.4 is 0 Å². The van der Waals surface area contributed by atoms with Crippen LogP contribution in [0.2, 0.25) is 0 Å². The number of rotatable bonds is 14. The molecule has 0 radical (unpaired) electrons. The molecule has 0 saturated heterocycles. The van der Waals surface area contributed by atoms with Gasteiger partial charge in [0.1, 0.15) is 0 Å². The van der Waals surface area contributed by atoms with Crippen LogP contribution in [0, 0.1) is 0 Å². The Kier molecular flexibility index (Phi) is 16.7. The van der Waals surface area contributed by atoms with Crippen molar-refractivity contribution in [2.24, 2.45) is 0 Å². The molecule has 0 atom stereocenters. The molecule has 0 aromatic rings. The van der Waals surface area contributed by atoms with Gasteiger partial charge in [-0.15, -0.1) is 0 Å². The van der Waals surface area contributed by atoms with Crippen LogP contribution in [0.5, 0.6) is 0 Å². The molecular formula is C20H34O2. The summed E-state index contributed by atoms with van der Waals surface area (Å²) in [6, 6.07) is 0. The summed E-state index contributed by atoms with van der Waals surface area (Å²) in [5, 5.41) is 0. The highest BCUT2D eigenvalue weighted by Gasteiger charge is 1.97. The van der Waals surface area contributed by atoms with Crippen molar-refractivity contribution in [1.29, 1.82) is 0 Å². The summed E-state index contributed by atoms with van der Waals surface area (Å²) in [6.07, 6.45) is 24.3. The maximum absolute atomic E-state index is 11.1. The second-order valence-electron chi connectivity index (χ2n) is 5.45. The summed E-state index contributed by atoms with van der Waals surface area (Å²) in [4.78, 5) is 11.1. The zero-order chi connectivity index (χ0) is 16.3. The van der Waals surface area contributed by atoms with Crippen molar-refractivity contribution in [2.45, 2.75) is 78.1 Å². The molecule has 0 aliphatic heterocycles. The normalized spacial score (nSPS) is 11.9. The van der Waals surface area contributed by atoms with E-state index < -0.39 is 0 Å². The Balaban J connectivity index is 3.35. The second-order valence-corrected chi connectivity index (χ2v) is 5.45. The molecule has 2 heteroatoms. The monoisotopic (exact) mass is 306 g/mol. The predicted molar refractivity (Wildman–Crippen MR) is 95.9 cm³/mol. The zero-order valence-electron chi connectivity index (χ0n) is 14.6. The largest absolute Gasteiger partial charge is 0.466 e. The van der Waals surface area contributed by atoms with Crippen molar-refractivity contribution in [2.75, 3.05) is 6.61 Å². The SMILES string of the molecule is CCCCC/C=C/CCCC/C=C/C=C/CCC(=O)OCC. The van der Waals surface area contributed by atoms with Gasteiger partial charge in [0.05, 0.1) is 6.61 Å². The Bertz CT molecular complexity index is 327. The fourth-order valence-corrected chi connectivity index (χ4v) is 2.06. The third-order valence-corrected chi connectivity index (χ3v) is 3.34. The number of allylic oxidation sites excluding steroid dienone is 6. The van der Waals surface area contributed by atoms with E-state index in [1.165, 1.54) is 44.9 Å². The first kappa shape index (κ1) is 20.7. The lowest BCUT2D eigenvalue weighted by atomic mass is 10.1. The molecule has 0 unspecified atom stereocenters. The van der Waals surface area contributed by atoms with E-state index >= 15 is 0 Å². The molecule has 2 nitrogen and oxygen atoms in total. The van der Waals surface area contributed by atoms with E-state index in [2.05, 4.69) is 31.2 Å². The number of carbonyl (C=O) groups excluding carboxylic acids is 1. The fraction of sp³-hybridized carbons (Fsp3) is 0.650. The van der Waals surface area contributed by atoms with Gasteiger partial charge < -0.3 is 4.74 Å². The van der Waals surface area contributed by atoms with Crippen molar-refractivity contribution in [1.82, 2.24) is 0 Å². The molecule has 0 N–H and O–H groups in total. The Morgan fingerprint density at radius 1 is 0.773 bits per heavy atom. The van der Waals surface area contributed by atoms with E-state index in [-0.39, 0.29) is 5.97 Å². The Morgan fingerprint density at radius 2 is 1.32 bits per heavy atom. The van der Waals surface area contributed by atoms with Gasteiger partial charge in [0.25, 0.3) is 0 Å². The highest BCUT2D eigenvalue weighted by molar-refractivity contribution is 5.69. The van der Waals surface area contributed by atoms with Gasteiger partial charge >= 0.3 is 5.97 Å². The molecule has 0 aliphatic rings. The van der Waals surface area contributed by atoms with Crippen molar-refractivity contribution < 1.29 is 9.53 Å². The lowest BCUT2D eigenvalue weighted by molar-refractivity contribution is -0.142. The molecular weight excluding hydrogens is 272 g/mol. The minimum Gasteiger partial charge on any atom is -0.466 e. The number of unbranched alkanes of at least 4 members (excludes halogenated alkanes) is 6. The van der Waals surface area contributed by atoms with E-state index in [9.17, 15) is 4.79 Å². The molecule has 0 heterocycles. The third kappa shape index (κ3) is 16.7. The minimum absolute atomic E-state index is 0.112. The fourth-order valence-electron chi connectivity index (χ4n) is 2.06. The Hall–Kier alpha value is -1.31. The van der Waals surface area contributed by atoms with E-state index in [0.29, 0.717) is 13.0 Å². The number of hydrogen-bond acceptors (Lipinski definition) is 2. The Morgan fingerprint density at radius 3 is 1.91 bits per heavy atom. The van der Waals surface area contributed by atoms with E-state index in [0.717, 1.165) is 12.8 Å². The predicted octanol–water partition coefficient (Wildman–Crippen LogP) is 6.14. The van der Waals surface area contributed by atoms with Crippen LogP contribution in [0.4, 0.5) is 0 Å².